The normalized spacial score (nSPS) is 31.5. The number of aliphatic hydroxyl groups is 1. The van der Waals surface area contributed by atoms with Crippen LogP contribution in [0.1, 0.15) is 41.3 Å². The molecular weight excluding hydrogens is 262 g/mol. The van der Waals surface area contributed by atoms with Gasteiger partial charge in [0.1, 0.15) is 10.7 Å². The number of rotatable bonds is 2. The number of fused-ring (bicyclic) bond motifs is 1. The summed E-state index contributed by atoms with van der Waals surface area (Å²) in [7, 11) is 0. The van der Waals surface area contributed by atoms with E-state index in [0.717, 1.165) is 24.4 Å². The molecule has 2 aliphatic rings. The smallest absolute Gasteiger partial charge is 0.273 e. The van der Waals surface area contributed by atoms with Crippen molar-refractivity contribution in [3.8, 4) is 0 Å². The lowest BCUT2D eigenvalue weighted by Crippen LogP contribution is -2.31. The molecule has 0 spiro atoms. The molecule has 0 aromatic carbocycles. The van der Waals surface area contributed by atoms with Crippen LogP contribution in [0.3, 0.4) is 0 Å². The highest BCUT2D eigenvalue weighted by atomic mass is 32.1. The van der Waals surface area contributed by atoms with E-state index >= 15 is 0 Å². The van der Waals surface area contributed by atoms with Gasteiger partial charge in [-0.3, -0.25) is 4.79 Å². The van der Waals surface area contributed by atoms with Crippen LogP contribution in [0.4, 0.5) is 0 Å². The van der Waals surface area contributed by atoms with Crippen LogP contribution in [-0.4, -0.2) is 40.1 Å². The average Bonchev–Trinajstić information content (AvgIpc) is 3.05. The maximum Gasteiger partial charge on any atom is 0.273 e. The van der Waals surface area contributed by atoms with Gasteiger partial charge in [-0.05, 0) is 25.7 Å². The lowest BCUT2D eigenvalue weighted by atomic mass is 10.00. The van der Waals surface area contributed by atoms with Crippen molar-refractivity contribution in [2.45, 2.75) is 31.9 Å². The maximum absolute atomic E-state index is 12.4. The van der Waals surface area contributed by atoms with E-state index in [4.69, 9.17) is 5.73 Å². The Morgan fingerprint density at radius 2 is 2.37 bits per heavy atom. The van der Waals surface area contributed by atoms with Gasteiger partial charge in [0.05, 0.1) is 12.1 Å². The molecule has 0 bridgehead atoms. The first-order valence-electron chi connectivity index (χ1n) is 6.74. The van der Waals surface area contributed by atoms with Crippen molar-refractivity contribution in [2.75, 3.05) is 13.1 Å². The van der Waals surface area contributed by atoms with Gasteiger partial charge in [-0.25, -0.2) is 4.98 Å². The van der Waals surface area contributed by atoms with Crippen molar-refractivity contribution in [2.24, 2.45) is 17.6 Å². The summed E-state index contributed by atoms with van der Waals surface area (Å²) in [5.74, 6) is 0.700. The average molecular weight is 281 g/mol. The highest BCUT2D eigenvalue weighted by molar-refractivity contribution is 7.09. The fourth-order valence-electron chi connectivity index (χ4n) is 3.16. The van der Waals surface area contributed by atoms with E-state index in [1.807, 2.05) is 11.8 Å². The summed E-state index contributed by atoms with van der Waals surface area (Å²) in [6, 6.07) is -0.133. The fourth-order valence-corrected chi connectivity index (χ4v) is 3.91. The largest absolute Gasteiger partial charge is 0.393 e. The van der Waals surface area contributed by atoms with Crippen molar-refractivity contribution in [1.29, 1.82) is 0 Å². The van der Waals surface area contributed by atoms with Gasteiger partial charge in [0.2, 0.25) is 0 Å². The second-order valence-corrected chi connectivity index (χ2v) is 6.53. The number of thiazole rings is 1. The monoisotopic (exact) mass is 281 g/mol. The molecule has 5 nitrogen and oxygen atoms in total. The number of nitrogens with zero attached hydrogens (tertiary/aromatic N) is 2. The molecule has 2 heterocycles. The lowest BCUT2D eigenvalue weighted by Gasteiger charge is -2.17. The molecule has 1 saturated heterocycles. The predicted octanol–water partition coefficient (Wildman–Crippen LogP) is 1.01. The molecule has 0 radical (unpaired) electrons. The molecule has 104 valence electrons. The van der Waals surface area contributed by atoms with Crippen LogP contribution in [0.5, 0.6) is 0 Å². The number of hydrogen-bond donors (Lipinski definition) is 2. The number of nitrogens with two attached hydrogens (primary N) is 1. The van der Waals surface area contributed by atoms with Crippen LogP contribution >= 0.6 is 11.3 Å². The van der Waals surface area contributed by atoms with Gasteiger partial charge in [0, 0.05) is 24.4 Å². The van der Waals surface area contributed by atoms with E-state index in [1.54, 1.807) is 5.38 Å². The summed E-state index contributed by atoms with van der Waals surface area (Å²) < 4.78 is 0. The van der Waals surface area contributed by atoms with Gasteiger partial charge >= 0.3 is 0 Å². The number of carbonyl (C=O) groups excluding carboxylic acids is 1. The molecule has 1 aromatic rings. The molecule has 4 unspecified atom stereocenters. The zero-order chi connectivity index (χ0) is 13.6. The van der Waals surface area contributed by atoms with Gasteiger partial charge in [0.25, 0.3) is 5.91 Å². The Morgan fingerprint density at radius 3 is 3.00 bits per heavy atom. The Hall–Kier alpha value is -0.980. The SMILES string of the molecule is CC(N)c1nc(C(=O)N2CC3CCC(O)C3C2)cs1. The second-order valence-electron chi connectivity index (χ2n) is 5.64. The van der Waals surface area contributed by atoms with E-state index in [1.165, 1.54) is 11.3 Å². The first kappa shape index (κ1) is 13.0. The van der Waals surface area contributed by atoms with Crippen molar-refractivity contribution in [3.05, 3.63) is 16.1 Å². The third-order valence-corrected chi connectivity index (χ3v) is 5.28. The van der Waals surface area contributed by atoms with Crippen LogP contribution < -0.4 is 5.73 Å². The zero-order valence-electron chi connectivity index (χ0n) is 11.0. The molecule has 19 heavy (non-hydrogen) atoms. The molecule has 1 saturated carbocycles. The Labute approximate surface area is 116 Å². The quantitative estimate of drug-likeness (QED) is 0.848. The number of hydrogen-bond acceptors (Lipinski definition) is 5. The van der Waals surface area contributed by atoms with Gasteiger partial charge in [0.15, 0.2) is 0 Å². The zero-order valence-corrected chi connectivity index (χ0v) is 11.8. The van der Waals surface area contributed by atoms with E-state index in [-0.39, 0.29) is 24.0 Å². The standard InChI is InChI=1S/C13H19N3O2S/c1-7(14)12-15-10(6-19-12)13(18)16-4-8-2-3-11(17)9(8)5-16/h6-9,11,17H,2-5,14H2,1H3. The van der Waals surface area contributed by atoms with Gasteiger partial charge in [-0.1, -0.05) is 0 Å². The Bertz CT molecular complexity index is 488. The number of amides is 1. The van der Waals surface area contributed by atoms with Crippen LogP contribution in [0.25, 0.3) is 0 Å². The summed E-state index contributed by atoms with van der Waals surface area (Å²) in [5.41, 5.74) is 6.26. The molecular formula is C13H19N3O2S. The van der Waals surface area contributed by atoms with E-state index in [2.05, 4.69) is 4.98 Å². The third-order valence-electron chi connectivity index (χ3n) is 4.24. The summed E-state index contributed by atoms with van der Waals surface area (Å²) >= 11 is 1.43. The molecule has 1 aliphatic carbocycles. The second kappa shape index (κ2) is 4.85. The fraction of sp³-hybridized carbons (Fsp3) is 0.692. The summed E-state index contributed by atoms with van der Waals surface area (Å²) in [6.45, 7) is 3.28. The topological polar surface area (TPSA) is 79.5 Å². The Kier molecular flexibility index (Phi) is 3.32. The highest BCUT2D eigenvalue weighted by Crippen LogP contribution is 2.38. The molecule has 1 amide bonds. The van der Waals surface area contributed by atoms with Gasteiger partial charge < -0.3 is 15.7 Å². The first-order valence-corrected chi connectivity index (χ1v) is 7.62. The summed E-state index contributed by atoms with van der Waals surface area (Å²) in [5, 5.41) is 12.5. The van der Waals surface area contributed by atoms with Crippen molar-refractivity contribution >= 4 is 17.2 Å². The molecule has 6 heteroatoms. The number of aromatic nitrogens is 1. The minimum atomic E-state index is -0.238. The van der Waals surface area contributed by atoms with Crippen molar-refractivity contribution in [1.82, 2.24) is 9.88 Å². The van der Waals surface area contributed by atoms with Crippen molar-refractivity contribution < 1.29 is 9.90 Å². The van der Waals surface area contributed by atoms with Crippen LogP contribution in [0, 0.1) is 11.8 Å². The number of aliphatic hydroxyl groups excluding tert-OH is 1. The van der Waals surface area contributed by atoms with E-state index in [9.17, 15) is 9.90 Å². The van der Waals surface area contributed by atoms with Crippen LogP contribution in [0.2, 0.25) is 0 Å². The van der Waals surface area contributed by atoms with Gasteiger partial charge in [-0.2, -0.15) is 0 Å². The lowest BCUT2D eigenvalue weighted by molar-refractivity contribution is 0.0747. The third kappa shape index (κ3) is 2.28. The highest BCUT2D eigenvalue weighted by Gasteiger charge is 2.43. The first-order chi connectivity index (χ1) is 9.06. The minimum Gasteiger partial charge on any atom is -0.393 e. The molecule has 4 atom stereocenters. The van der Waals surface area contributed by atoms with Crippen LogP contribution in [0.15, 0.2) is 5.38 Å². The predicted molar refractivity (Wildman–Crippen MR) is 72.8 cm³/mol. The van der Waals surface area contributed by atoms with Gasteiger partial charge in [-0.15, -0.1) is 11.3 Å². The summed E-state index contributed by atoms with van der Waals surface area (Å²) in [6.07, 6.45) is 1.67. The van der Waals surface area contributed by atoms with E-state index < -0.39 is 0 Å². The number of likely N-dealkylation sites (tertiary alicyclic amines) is 1. The molecule has 2 fully saturated rings. The molecule has 1 aliphatic heterocycles. The molecule has 1 aromatic heterocycles. The Morgan fingerprint density at radius 1 is 1.58 bits per heavy atom. The molecule has 3 N–H and O–H groups in total. The Balaban J connectivity index is 1.71. The minimum absolute atomic E-state index is 0.0234. The maximum atomic E-state index is 12.4. The van der Waals surface area contributed by atoms with Crippen LogP contribution in [-0.2, 0) is 0 Å². The molecule has 3 rings (SSSR count). The number of carbonyl (C=O) groups is 1. The van der Waals surface area contributed by atoms with E-state index in [0.29, 0.717) is 18.2 Å². The van der Waals surface area contributed by atoms with Crippen molar-refractivity contribution in [3.63, 3.8) is 0 Å². The summed E-state index contributed by atoms with van der Waals surface area (Å²) in [4.78, 5) is 18.5.